The fraction of sp³-hybridized carbons (Fsp3) is 0.308. The van der Waals surface area contributed by atoms with Crippen molar-refractivity contribution in [2.45, 2.75) is 49.8 Å². The summed E-state index contributed by atoms with van der Waals surface area (Å²) in [5, 5.41) is 21.4. The molecule has 0 spiro atoms. The Hall–Kier alpha value is -4.03. The Labute approximate surface area is 225 Å². The molecule has 39 heavy (non-hydrogen) atoms. The van der Waals surface area contributed by atoms with Gasteiger partial charge >= 0.3 is 0 Å². The first kappa shape index (κ1) is 24.0. The zero-order chi connectivity index (χ0) is 26.9. The number of rotatable bonds is 5. The van der Waals surface area contributed by atoms with Crippen molar-refractivity contribution in [3.05, 3.63) is 76.7 Å². The molecule has 0 bridgehead atoms. The van der Waals surface area contributed by atoms with E-state index in [9.17, 15) is 9.90 Å². The van der Waals surface area contributed by atoms with E-state index in [0.29, 0.717) is 54.9 Å². The van der Waals surface area contributed by atoms with E-state index in [1.54, 1.807) is 11.0 Å². The molecule has 1 unspecified atom stereocenters. The van der Waals surface area contributed by atoms with Crippen molar-refractivity contribution in [3.63, 3.8) is 0 Å². The molecule has 1 aliphatic carbocycles. The summed E-state index contributed by atoms with van der Waals surface area (Å²) in [6.45, 7) is 0. The number of benzene rings is 1. The zero-order valence-corrected chi connectivity index (χ0v) is 21.1. The van der Waals surface area contributed by atoms with Crippen LogP contribution in [-0.2, 0) is 10.4 Å². The molecular formula is C26H21ClF2N8O2. The number of halogens is 3. The van der Waals surface area contributed by atoms with Crippen LogP contribution in [0, 0.1) is 11.6 Å². The van der Waals surface area contributed by atoms with E-state index < -0.39 is 17.2 Å². The maximum atomic E-state index is 15.3. The van der Waals surface area contributed by atoms with E-state index in [0.717, 1.165) is 0 Å². The van der Waals surface area contributed by atoms with Crippen LogP contribution in [0.5, 0.6) is 0 Å². The van der Waals surface area contributed by atoms with E-state index in [2.05, 4.69) is 30.5 Å². The van der Waals surface area contributed by atoms with Crippen LogP contribution in [0.4, 0.5) is 8.78 Å². The minimum atomic E-state index is -1.21. The van der Waals surface area contributed by atoms with Gasteiger partial charge in [-0.15, -0.1) is 5.10 Å². The summed E-state index contributed by atoms with van der Waals surface area (Å²) in [6, 6.07) is 4.03. The normalized spacial score (nSPS) is 21.7. The second-order valence-corrected chi connectivity index (χ2v) is 10.5. The van der Waals surface area contributed by atoms with Crippen molar-refractivity contribution >= 4 is 23.1 Å². The molecule has 4 aromatic rings. The average Bonchev–Trinajstić information content (AvgIpc) is 3.38. The number of aromatic nitrogens is 7. The van der Waals surface area contributed by atoms with Crippen LogP contribution < -0.4 is 0 Å². The van der Waals surface area contributed by atoms with E-state index >= 15 is 8.78 Å². The van der Waals surface area contributed by atoms with Crippen LogP contribution >= 0.6 is 11.6 Å². The molecule has 2 atom stereocenters. The monoisotopic (exact) mass is 550 g/mol. The molecule has 1 aromatic carbocycles. The highest BCUT2D eigenvalue weighted by Gasteiger charge is 2.46. The van der Waals surface area contributed by atoms with Crippen molar-refractivity contribution in [1.82, 2.24) is 40.1 Å². The quantitative estimate of drug-likeness (QED) is 0.386. The number of imidazole rings is 1. The molecule has 1 saturated carbocycles. The summed E-state index contributed by atoms with van der Waals surface area (Å²) in [7, 11) is 0. The van der Waals surface area contributed by atoms with Crippen LogP contribution in [0.15, 0.2) is 43.0 Å². The number of carbonyl (C=O) groups is 1. The molecule has 3 aliphatic rings. The first-order valence-corrected chi connectivity index (χ1v) is 12.9. The maximum absolute atomic E-state index is 15.3. The molecule has 3 aromatic heterocycles. The Balaban J connectivity index is 1.20. The lowest BCUT2D eigenvalue weighted by atomic mass is 9.92. The molecule has 13 heteroatoms. The number of tetrazole rings is 1. The van der Waals surface area contributed by atoms with Gasteiger partial charge < -0.3 is 15.0 Å². The molecular weight excluding hydrogens is 530 g/mol. The van der Waals surface area contributed by atoms with Gasteiger partial charge in [0, 0.05) is 29.4 Å². The van der Waals surface area contributed by atoms with Gasteiger partial charge in [-0.05, 0) is 66.3 Å². The van der Waals surface area contributed by atoms with Crippen LogP contribution in [0.3, 0.4) is 0 Å². The number of aromatic amines is 1. The van der Waals surface area contributed by atoms with Crippen molar-refractivity contribution in [2.75, 3.05) is 0 Å². The number of amides is 1. The Bertz CT molecular complexity index is 1650. The van der Waals surface area contributed by atoms with Gasteiger partial charge in [0.05, 0.1) is 28.6 Å². The number of fused-ring (bicyclic) bond motifs is 1. The van der Waals surface area contributed by atoms with Gasteiger partial charge in [0.2, 0.25) is 5.91 Å². The number of nitrogens with one attached hydrogen (secondary N) is 1. The van der Waals surface area contributed by atoms with Gasteiger partial charge in [-0.2, -0.15) is 4.68 Å². The van der Waals surface area contributed by atoms with Gasteiger partial charge in [0.15, 0.2) is 11.6 Å². The number of nitrogens with zero attached hydrogens (tertiary/aromatic N) is 7. The largest absolute Gasteiger partial charge is 0.383 e. The predicted molar refractivity (Wildman–Crippen MR) is 134 cm³/mol. The SMILES string of the molecule is O=C1C=C(c2c(-n3cnnn3)ccc(Cl)c2F)C[C@H]2CCC(c3ncc(-c4ccnc(C5(O)CC5)c4F)[nH]3)N12. The van der Waals surface area contributed by atoms with Crippen molar-refractivity contribution in [2.24, 2.45) is 0 Å². The number of hydrogen-bond acceptors (Lipinski definition) is 7. The lowest BCUT2D eigenvalue weighted by molar-refractivity contribution is -0.129. The average molecular weight is 551 g/mol. The summed E-state index contributed by atoms with van der Waals surface area (Å²) in [5.74, 6) is -0.974. The van der Waals surface area contributed by atoms with Gasteiger partial charge in [-0.3, -0.25) is 9.78 Å². The number of hydrogen-bond donors (Lipinski definition) is 2. The molecule has 1 saturated heterocycles. The first-order valence-electron chi connectivity index (χ1n) is 12.5. The number of pyridine rings is 1. The second-order valence-electron chi connectivity index (χ2n) is 10.1. The number of aliphatic hydroxyl groups is 1. The molecule has 2 fully saturated rings. The summed E-state index contributed by atoms with van der Waals surface area (Å²) in [5.41, 5.74) is 0.603. The topological polar surface area (TPSA) is 126 Å². The smallest absolute Gasteiger partial charge is 0.247 e. The van der Waals surface area contributed by atoms with Gasteiger partial charge in [-0.25, -0.2) is 13.8 Å². The third kappa shape index (κ3) is 3.85. The molecule has 198 valence electrons. The van der Waals surface area contributed by atoms with Crippen molar-refractivity contribution in [3.8, 4) is 16.9 Å². The summed E-state index contributed by atoms with van der Waals surface area (Å²) in [4.78, 5) is 26.9. The van der Waals surface area contributed by atoms with Crippen LogP contribution in [0.25, 0.3) is 22.5 Å². The standard InChI is InChI=1S/C26H21ClF2N8O2/c27-16-2-4-18(36-12-32-34-35-36)21(23(16)29)13-9-14-1-3-19(37(14)20(38)10-13)25-31-11-17(33-25)15-5-8-30-24(22(15)28)26(39)6-7-26/h2,4-5,8,10-12,14,19,39H,1,3,6-7,9H2,(H,31,33)/t14-,19?/m1/s1. The minimum Gasteiger partial charge on any atom is -0.383 e. The maximum Gasteiger partial charge on any atom is 0.247 e. The third-order valence-corrected chi connectivity index (χ3v) is 8.05. The van der Waals surface area contributed by atoms with E-state index in [-0.39, 0.29) is 39.8 Å². The van der Waals surface area contributed by atoms with Crippen LogP contribution in [0.1, 0.15) is 55.2 Å². The second kappa shape index (κ2) is 8.75. The third-order valence-electron chi connectivity index (χ3n) is 7.75. The highest BCUT2D eigenvalue weighted by Crippen LogP contribution is 2.47. The number of carbonyl (C=O) groups excluding carboxylic acids is 1. The first-order chi connectivity index (χ1) is 18.8. The van der Waals surface area contributed by atoms with Crippen LogP contribution in [0.2, 0.25) is 5.02 Å². The van der Waals surface area contributed by atoms with Gasteiger partial charge in [-0.1, -0.05) is 11.6 Å². The predicted octanol–water partition coefficient (Wildman–Crippen LogP) is 3.88. The van der Waals surface area contributed by atoms with E-state index in [1.807, 2.05) is 0 Å². The zero-order valence-electron chi connectivity index (χ0n) is 20.4. The lowest BCUT2D eigenvalue weighted by Gasteiger charge is -2.33. The highest BCUT2D eigenvalue weighted by molar-refractivity contribution is 6.31. The molecule has 5 heterocycles. The van der Waals surface area contributed by atoms with Crippen LogP contribution in [-0.4, -0.2) is 57.1 Å². The molecule has 0 radical (unpaired) electrons. The fourth-order valence-electron chi connectivity index (χ4n) is 5.68. The highest BCUT2D eigenvalue weighted by atomic mass is 35.5. The van der Waals surface area contributed by atoms with E-state index in [4.69, 9.17) is 11.6 Å². The molecule has 2 aliphatic heterocycles. The van der Waals surface area contributed by atoms with Crippen molar-refractivity contribution in [1.29, 1.82) is 0 Å². The lowest BCUT2D eigenvalue weighted by Crippen LogP contribution is -2.39. The Morgan fingerprint density at radius 2 is 1.97 bits per heavy atom. The molecule has 2 N–H and O–H groups in total. The molecule has 7 rings (SSSR count). The minimum absolute atomic E-state index is 0.0373. The Kier molecular flexibility index (Phi) is 5.39. The molecule has 10 nitrogen and oxygen atoms in total. The summed E-state index contributed by atoms with van der Waals surface area (Å²) in [6.07, 6.45) is 8.42. The summed E-state index contributed by atoms with van der Waals surface area (Å²) >= 11 is 6.10. The Morgan fingerprint density at radius 1 is 1.13 bits per heavy atom. The molecule has 1 amide bonds. The summed E-state index contributed by atoms with van der Waals surface area (Å²) < 4.78 is 31.9. The Morgan fingerprint density at radius 3 is 2.74 bits per heavy atom. The van der Waals surface area contributed by atoms with E-state index in [1.165, 1.54) is 41.6 Å². The number of H-pyrrole nitrogens is 1. The van der Waals surface area contributed by atoms with Crippen molar-refractivity contribution < 1.29 is 18.7 Å². The van der Waals surface area contributed by atoms with Gasteiger partial charge in [0.1, 0.15) is 23.4 Å². The fourth-order valence-corrected chi connectivity index (χ4v) is 5.84. The van der Waals surface area contributed by atoms with Gasteiger partial charge in [0.25, 0.3) is 0 Å².